The summed E-state index contributed by atoms with van der Waals surface area (Å²) in [5, 5.41) is 3.58. The van der Waals surface area contributed by atoms with Crippen LogP contribution in [0, 0.1) is 6.92 Å². The summed E-state index contributed by atoms with van der Waals surface area (Å²) in [4.78, 5) is 27.8. The van der Waals surface area contributed by atoms with Gasteiger partial charge in [-0.3, -0.25) is 9.59 Å². The molecule has 0 saturated carbocycles. The standard InChI is InChI=1S/C17H17N3O2S/c1-3-10-4-6-11(7-5-10)19-16(22)15-14(18)13-9(2)8-12(21)20-17(13)23-15/h4-8H,3,18H2,1-2H3,(H,19,22)(H,20,21). The predicted molar refractivity (Wildman–Crippen MR) is 95.4 cm³/mol. The molecular formula is C17H17N3O2S. The Morgan fingerprint density at radius 2 is 2.00 bits per heavy atom. The third-order valence-corrected chi connectivity index (χ3v) is 4.87. The molecule has 0 radical (unpaired) electrons. The molecule has 1 aromatic carbocycles. The lowest BCUT2D eigenvalue weighted by atomic mass is 10.1. The van der Waals surface area contributed by atoms with E-state index in [2.05, 4.69) is 17.2 Å². The molecule has 0 spiro atoms. The number of amides is 1. The number of aromatic nitrogens is 1. The number of fused-ring (bicyclic) bond motifs is 1. The summed E-state index contributed by atoms with van der Waals surface area (Å²) in [6.07, 6.45) is 0.949. The van der Waals surface area contributed by atoms with Gasteiger partial charge in [-0.2, -0.15) is 0 Å². The summed E-state index contributed by atoms with van der Waals surface area (Å²) >= 11 is 1.19. The van der Waals surface area contributed by atoms with E-state index in [4.69, 9.17) is 5.73 Å². The second-order valence-corrected chi connectivity index (χ2v) is 6.39. The van der Waals surface area contributed by atoms with Crippen LogP contribution in [0.3, 0.4) is 0 Å². The van der Waals surface area contributed by atoms with Gasteiger partial charge < -0.3 is 16.0 Å². The van der Waals surface area contributed by atoms with Crippen molar-refractivity contribution in [3.8, 4) is 0 Å². The number of aryl methyl sites for hydroxylation is 2. The summed E-state index contributed by atoms with van der Waals surface area (Å²) < 4.78 is 0. The minimum absolute atomic E-state index is 0.196. The van der Waals surface area contributed by atoms with Gasteiger partial charge in [0.1, 0.15) is 9.71 Å². The predicted octanol–water partition coefficient (Wildman–Crippen LogP) is 3.29. The molecule has 0 aliphatic carbocycles. The topological polar surface area (TPSA) is 88.0 Å². The molecule has 5 nitrogen and oxygen atoms in total. The molecule has 23 heavy (non-hydrogen) atoms. The van der Waals surface area contributed by atoms with Crippen LogP contribution in [0.1, 0.15) is 27.7 Å². The zero-order chi connectivity index (χ0) is 16.6. The van der Waals surface area contributed by atoms with Gasteiger partial charge in [0.15, 0.2) is 0 Å². The second-order valence-electron chi connectivity index (χ2n) is 5.37. The van der Waals surface area contributed by atoms with Crippen LogP contribution in [-0.2, 0) is 6.42 Å². The Hall–Kier alpha value is -2.60. The molecule has 2 heterocycles. The van der Waals surface area contributed by atoms with Crippen LogP contribution in [0.2, 0.25) is 0 Å². The number of anilines is 2. The van der Waals surface area contributed by atoms with E-state index in [1.165, 1.54) is 23.0 Å². The molecule has 1 amide bonds. The molecule has 0 bridgehead atoms. The van der Waals surface area contributed by atoms with Gasteiger partial charge in [0.25, 0.3) is 5.91 Å². The number of carbonyl (C=O) groups is 1. The highest BCUT2D eigenvalue weighted by molar-refractivity contribution is 7.21. The van der Waals surface area contributed by atoms with E-state index in [-0.39, 0.29) is 11.5 Å². The van der Waals surface area contributed by atoms with Crippen LogP contribution in [0.25, 0.3) is 10.2 Å². The molecule has 0 fully saturated rings. The molecule has 2 aromatic heterocycles. The maximum Gasteiger partial charge on any atom is 0.267 e. The summed E-state index contributed by atoms with van der Waals surface area (Å²) in [6.45, 7) is 3.89. The number of aromatic amines is 1. The van der Waals surface area contributed by atoms with Crippen molar-refractivity contribution in [3.63, 3.8) is 0 Å². The molecule has 0 unspecified atom stereocenters. The summed E-state index contributed by atoms with van der Waals surface area (Å²) in [6, 6.07) is 9.17. The normalized spacial score (nSPS) is 10.9. The average molecular weight is 327 g/mol. The van der Waals surface area contributed by atoms with Gasteiger partial charge in [-0.05, 0) is 36.6 Å². The maximum absolute atomic E-state index is 12.5. The average Bonchev–Trinajstić information content (AvgIpc) is 2.85. The Bertz CT molecular complexity index is 939. The molecular weight excluding hydrogens is 310 g/mol. The smallest absolute Gasteiger partial charge is 0.267 e. The molecule has 6 heteroatoms. The van der Waals surface area contributed by atoms with Crippen LogP contribution in [-0.4, -0.2) is 10.9 Å². The zero-order valence-electron chi connectivity index (χ0n) is 12.9. The fourth-order valence-electron chi connectivity index (χ4n) is 2.52. The van der Waals surface area contributed by atoms with E-state index < -0.39 is 0 Å². The van der Waals surface area contributed by atoms with Crippen LogP contribution < -0.4 is 16.6 Å². The Balaban J connectivity index is 1.95. The van der Waals surface area contributed by atoms with E-state index in [0.717, 1.165) is 17.4 Å². The molecule has 0 atom stereocenters. The summed E-state index contributed by atoms with van der Waals surface area (Å²) in [5.74, 6) is -0.270. The Morgan fingerprint density at radius 1 is 1.30 bits per heavy atom. The van der Waals surface area contributed by atoms with Crippen molar-refractivity contribution in [1.29, 1.82) is 0 Å². The minimum Gasteiger partial charge on any atom is -0.397 e. The lowest BCUT2D eigenvalue weighted by Crippen LogP contribution is -2.12. The van der Waals surface area contributed by atoms with E-state index in [0.29, 0.717) is 21.1 Å². The first-order chi connectivity index (χ1) is 11.0. The number of benzene rings is 1. The van der Waals surface area contributed by atoms with E-state index in [9.17, 15) is 9.59 Å². The number of rotatable bonds is 3. The monoisotopic (exact) mass is 327 g/mol. The molecule has 3 rings (SSSR count). The highest BCUT2D eigenvalue weighted by Crippen LogP contribution is 2.34. The van der Waals surface area contributed by atoms with Crippen molar-refractivity contribution in [2.75, 3.05) is 11.1 Å². The van der Waals surface area contributed by atoms with Crippen molar-refractivity contribution in [2.24, 2.45) is 0 Å². The number of H-pyrrole nitrogens is 1. The molecule has 3 aromatic rings. The van der Waals surface area contributed by atoms with Crippen molar-refractivity contribution < 1.29 is 4.79 Å². The number of pyridine rings is 1. The van der Waals surface area contributed by atoms with Gasteiger partial charge in [0.05, 0.1) is 5.69 Å². The highest BCUT2D eigenvalue weighted by atomic mass is 32.1. The number of nitrogens with two attached hydrogens (primary N) is 1. The molecule has 118 valence electrons. The van der Waals surface area contributed by atoms with E-state index in [1.54, 1.807) is 0 Å². The first-order valence-electron chi connectivity index (χ1n) is 7.31. The van der Waals surface area contributed by atoms with Crippen LogP contribution in [0.5, 0.6) is 0 Å². The molecule has 0 saturated heterocycles. The lowest BCUT2D eigenvalue weighted by molar-refractivity contribution is 0.103. The van der Waals surface area contributed by atoms with Crippen LogP contribution in [0.4, 0.5) is 11.4 Å². The third kappa shape index (κ3) is 2.85. The number of hydrogen-bond acceptors (Lipinski definition) is 4. The number of nitrogens with one attached hydrogen (secondary N) is 2. The Kier molecular flexibility index (Phi) is 3.92. The van der Waals surface area contributed by atoms with Crippen LogP contribution >= 0.6 is 11.3 Å². The summed E-state index contributed by atoms with van der Waals surface area (Å²) in [5.41, 5.74) is 9.02. The van der Waals surface area contributed by atoms with Crippen molar-refractivity contribution >= 4 is 38.8 Å². The first-order valence-corrected chi connectivity index (χ1v) is 8.13. The Morgan fingerprint density at radius 3 is 2.65 bits per heavy atom. The van der Waals surface area contributed by atoms with Gasteiger partial charge in [0.2, 0.25) is 5.56 Å². The number of hydrogen-bond donors (Lipinski definition) is 3. The SMILES string of the molecule is CCc1ccc(NC(=O)c2sc3[nH]c(=O)cc(C)c3c2N)cc1. The minimum atomic E-state index is -0.270. The van der Waals surface area contributed by atoms with Gasteiger partial charge >= 0.3 is 0 Å². The number of nitrogen functional groups attached to an aromatic ring is 1. The maximum atomic E-state index is 12.5. The third-order valence-electron chi connectivity index (χ3n) is 3.75. The largest absolute Gasteiger partial charge is 0.397 e. The number of carbonyl (C=O) groups excluding carboxylic acids is 1. The van der Waals surface area contributed by atoms with E-state index >= 15 is 0 Å². The highest BCUT2D eigenvalue weighted by Gasteiger charge is 2.18. The fourth-order valence-corrected chi connectivity index (χ4v) is 3.61. The quantitative estimate of drug-likeness (QED) is 0.689. The first kappa shape index (κ1) is 15.3. The van der Waals surface area contributed by atoms with Crippen molar-refractivity contribution in [3.05, 3.63) is 56.7 Å². The van der Waals surface area contributed by atoms with Crippen molar-refractivity contribution in [2.45, 2.75) is 20.3 Å². The van der Waals surface area contributed by atoms with Gasteiger partial charge in [-0.15, -0.1) is 11.3 Å². The fraction of sp³-hybridized carbons (Fsp3) is 0.176. The van der Waals surface area contributed by atoms with Gasteiger partial charge in [-0.25, -0.2) is 0 Å². The van der Waals surface area contributed by atoms with Gasteiger partial charge in [-0.1, -0.05) is 19.1 Å². The molecule has 4 N–H and O–H groups in total. The number of thiophene rings is 1. The zero-order valence-corrected chi connectivity index (χ0v) is 13.7. The summed E-state index contributed by atoms with van der Waals surface area (Å²) in [7, 11) is 0. The van der Waals surface area contributed by atoms with Crippen LogP contribution in [0.15, 0.2) is 35.1 Å². The Labute approximate surface area is 137 Å². The molecule has 0 aliphatic heterocycles. The van der Waals surface area contributed by atoms with E-state index in [1.807, 2.05) is 31.2 Å². The molecule has 0 aliphatic rings. The lowest BCUT2D eigenvalue weighted by Gasteiger charge is -2.05. The van der Waals surface area contributed by atoms with Gasteiger partial charge in [0, 0.05) is 17.1 Å². The second kappa shape index (κ2) is 5.89. The van der Waals surface area contributed by atoms with Crippen molar-refractivity contribution in [1.82, 2.24) is 4.98 Å².